The molecular weight excluding hydrogens is 334 g/mol. The van der Waals surface area contributed by atoms with Crippen molar-refractivity contribution in [2.45, 2.75) is 32.8 Å². The summed E-state index contributed by atoms with van der Waals surface area (Å²) in [7, 11) is 0. The van der Waals surface area contributed by atoms with Crippen LogP contribution in [-0.2, 0) is 9.53 Å². The quantitative estimate of drug-likeness (QED) is 0.859. The Morgan fingerprint density at radius 2 is 2.04 bits per heavy atom. The first-order chi connectivity index (χ1) is 12.5. The number of nitrogens with zero attached hydrogens (tertiary/aromatic N) is 2. The molecule has 26 heavy (non-hydrogen) atoms. The van der Waals surface area contributed by atoms with Crippen molar-refractivity contribution in [1.29, 1.82) is 0 Å². The first kappa shape index (κ1) is 18.1. The van der Waals surface area contributed by atoms with Gasteiger partial charge in [0.15, 0.2) is 5.82 Å². The molecule has 0 spiro atoms. The van der Waals surface area contributed by atoms with Gasteiger partial charge in [-0.25, -0.2) is 0 Å². The number of ether oxygens (including phenoxy) is 1. The summed E-state index contributed by atoms with van der Waals surface area (Å²) < 4.78 is 10.6. The molecule has 7 nitrogen and oxygen atoms in total. The van der Waals surface area contributed by atoms with Crippen LogP contribution in [0.4, 0.5) is 5.82 Å². The van der Waals surface area contributed by atoms with Crippen LogP contribution in [0.5, 0.6) is 0 Å². The Kier molecular flexibility index (Phi) is 5.68. The summed E-state index contributed by atoms with van der Waals surface area (Å²) in [6.45, 7) is 4.72. The minimum absolute atomic E-state index is 0.0357. The Balaban J connectivity index is 1.70. The van der Waals surface area contributed by atoms with Gasteiger partial charge in [0.05, 0.1) is 6.10 Å². The average molecular weight is 357 g/mol. The van der Waals surface area contributed by atoms with E-state index in [2.05, 4.69) is 10.5 Å². The SMILES string of the molecule is Cc1ccc(C(=O)N(CC(=O)Nc2cc(C)on2)C[C@H]2CCCO2)cc1. The molecule has 7 heteroatoms. The van der Waals surface area contributed by atoms with Crippen molar-refractivity contribution in [1.82, 2.24) is 10.1 Å². The molecule has 1 aromatic heterocycles. The molecule has 2 heterocycles. The van der Waals surface area contributed by atoms with Gasteiger partial charge in [-0.2, -0.15) is 0 Å². The number of amides is 2. The van der Waals surface area contributed by atoms with Gasteiger partial charge >= 0.3 is 0 Å². The third-order valence-corrected chi connectivity index (χ3v) is 4.26. The summed E-state index contributed by atoms with van der Waals surface area (Å²) in [6, 6.07) is 8.95. The number of benzene rings is 1. The zero-order valence-corrected chi connectivity index (χ0v) is 15.0. The second kappa shape index (κ2) is 8.14. The van der Waals surface area contributed by atoms with Crippen LogP contribution in [0.25, 0.3) is 0 Å². The number of hydrogen-bond donors (Lipinski definition) is 1. The molecule has 0 bridgehead atoms. The van der Waals surface area contributed by atoms with Crippen molar-refractivity contribution in [2.75, 3.05) is 25.0 Å². The van der Waals surface area contributed by atoms with Gasteiger partial charge in [-0.3, -0.25) is 9.59 Å². The summed E-state index contributed by atoms with van der Waals surface area (Å²) in [5.41, 5.74) is 1.63. The van der Waals surface area contributed by atoms with Gasteiger partial charge in [-0.05, 0) is 38.8 Å². The number of carbonyl (C=O) groups excluding carboxylic acids is 2. The van der Waals surface area contributed by atoms with Crippen LogP contribution in [0.15, 0.2) is 34.9 Å². The number of nitrogens with one attached hydrogen (secondary N) is 1. The molecule has 1 aromatic carbocycles. The molecule has 1 saturated heterocycles. The minimum Gasteiger partial charge on any atom is -0.376 e. The highest BCUT2D eigenvalue weighted by Gasteiger charge is 2.25. The zero-order chi connectivity index (χ0) is 18.5. The Morgan fingerprint density at radius 3 is 2.65 bits per heavy atom. The molecule has 0 unspecified atom stereocenters. The molecule has 0 aliphatic carbocycles. The summed E-state index contributed by atoms with van der Waals surface area (Å²) in [6.07, 6.45) is 1.83. The van der Waals surface area contributed by atoms with Gasteiger partial charge in [0, 0.05) is 24.8 Å². The van der Waals surface area contributed by atoms with E-state index in [1.807, 2.05) is 19.1 Å². The fourth-order valence-corrected chi connectivity index (χ4v) is 2.91. The lowest BCUT2D eigenvalue weighted by Crippen LogP contribution is -2.42. The third kappa shape index (κ3) is 4.70. The van der Waals surface area contributed by atoms with Crippen molar-refractivity contribution < 1.29 is 18.8 Å². The van der Waals surface area contributed by atoms with E-state index in [9.17, 15) is 9.59 Å². The molecule has 1 aliphatic rings. The van der Waals surface area contributed by atoms with E-state index in [4.69, 9.17) is 9.26 Å². The molecule has 1 aliphatic heterocycles. The zero-order valence-electron chi connectivity index (χ0n) is 15.0. The highest BCUT2D eigenvalue weighted by molar-refractivity contribution is 5.99. The van der Waals surface area contributed by atoms with Crippen LogP contribution >= 0.6 is 0 Å². The standard InChI is InChI=1S/C19H23N3O4/c1-13-5-7-15(8-6-13)19(24)22(11-16-4-3-9-25-16)12-18(23)20-17-10-14(2)26-21-17/h5-8,10,16H,3-4,9,11-12H2,1-2H3,(H,20,21,23)/t16-/m1/s1. The Morgan fingerprint density at radius 1 is 1.27 bits per heavy atom. The van der Waals surface area contributed by atoms with Crippen molar-refractivity contribution in [2.24, 2.45) is 0 Å². The number of hydrogen-bond acceptors (Lipinski definition) is 5. The predicted octanol–water partition coefficient (Wildman–Crippen LogP) is 2.55. The molecule has 0 saturated carbocycles. The van der Waals surface area contributed by atoms with Gasteiger partial charge in [-0.15, -0.1) is 0 Å². The maximum atomic E-state index is 12.9. The maximum Gasteiger partial charge on any atom is 0.254 e. The van der Waals surface area contributed by atoms with Crippen LogP contribution in [-0.4, -0.2) is 47.7 Å². The highest BCUT2D eigenvalue weighted by Crippen LogP contribution is 2.16. The Labute approximate surface area is 152 Å². The van der Waals surface area contributed by atoms with E-state index in [1.165, 1.54) is 4.90 Å². The monoisotopic (exact) mass is 357 g/mol. The normalized spacial score (nSPS) is 16.5. The topological polar surface area (TPSA) is 84.7 Å². The number of anilines is 1. The molecule has 1 fully saturated rings. The van der Waals surface area contributed by atoms with Gasteiger partial charge in [-0.1, -0.05) is 22.9 Å². The first-order valence-corrected chi connectivity index (χ1v) is 8.72. The smallest absolute Gasteiger partial charge is 0.254 e. The highest BCUT2D eigenvalue weighted by atomic mass is 16.5. The summed E-state index contributed by atoms with van der Waals surface area (Å²) >= 11 is 0. The molecule has 138 valence electrons. The first-order valence-electron chi connectivity index (χ1n) is 8.72. The van der Waals surface area contributed by atoms with Crippen LogP contribution in [0, 0.1) is 13.8 Å². The van der Waals surface area contributed by atoms with E-state index < -0.39 is 0 Å². The molecule has 2 aromatic rings. The fourth-order valence-electron chi connectivity index (χ4n) is 2.91. The second-order valence-electron chi connectivity index (χ2n) is 6.56. The van der Waals surface area contributed by atoms with E-state index in [0.717, 1.165) is 18.4 Å². The van der Waals surface area contributed by atoms with Crippen molar-refractivity contribution in [3.63, 3.8) is 0 Å². The Hall–Kier alpha value is -2.67. The third-order valence-electron chi connectivity index (χ3n) is 4.26. The number of rotatable bonds is 6. The molecule has 1 N–H and O–H groups in total. The number of aromatic nitrogens is 1. The maximum absolute atomic E-state index is 12.9. The summed E-state index contributed by atoms with van der Waals surface area (Å²) in [5, 5.41) is 6.40. The summed E-state index contributed by atoms with van der Waals surface area (Å²) in [5.74, 6) is 0.434. The largest absolute Gasteiger partial charge is 0.376 e. The molecule has 2 amide bonds. The van der Waals surface area contributed by atoms with Crippen LogP contribution in [0.3, 0.4) is 0 Å². The summed E-state index contributed by atoms with van der Waals surface area (Å²) in [4.78, 5) is 26.8. The van der Waals surface area contributed by atoms with E-state index >= 15 is 0 Å². The number of carbonyl (C=O) groups is 2. The molecule has 3 rings (SSSR count). The fraction of sp³-hybridized carbons (Fsp3) is 0.421. The van der Waals surface area contributed by atoms with E-state index in [1.54, 1.807) is 25.1 Å². The van der Waals surface area contributed by atoms with Crippen LogP contribution < -0.4 is 5.32 Å². The minimum atomic E-state index is -0.322. The van der Waals surface area contributed by atoms with Crippen molar-refractivity contribution in [3.05, 3.63) is 47.2 Å². The van der Waals surface area contributed by atoms with Crippen molar-refractivity contribution in [3.8, 4) is 0 Å². The lowest BCUT2D eigenvalue weighted by atomic mass is 10.1. The number of aryl methyl sites for hydroxylation is 2. The van der Waals surface area contributed by atoms with E-state index in [0.29, 0.717) is 30.3 Å². The lowest BCUT2D eigenvalue weighted by Gasteiger charge is -2.25. The van der Waals surface area contributed by atoms with Gasteiger partial charge in [0.25, 0.3) is 5.91 Å². The average Bonchev–Trinajstić information content (AvgIpc) is 3.26. The predicted molar refractivity (Wildman–Crippen MR) is 95.9 cm³/mol. The second-order valence-corrected chi connectivity index (χ2v) is 6.56. The van der Waals surface area contributed by atoms with Gasteiger partial charge in [0.1, 0.15) is 12.3 Å². The van der Waals surface area contributed by atoms with Gasteiger partial charge in [0.2, 0.25) is 5.91 Å². The van der Waals surface area contributed by atoms with Crippen LogP contribution in [0.2, 0.25) is 0 Å². The molecule has 0 radical (unpaired) electrons. The molecular formula is C19H23N3O4. The van der Waals surface area contributed by atoms with Crippen molar-refractivity contribution >= 4 is 17.6 Å². The van der Waals surface area contributed by atoms with Gasteiger partial charge < -0.3 is 19.5 Å². The van der Waals surface area contributed by atoms with E-state index in [-0.39, 0.29) is 24.5 Å². The molecule has 1 atom stereocenters. The lowest BCUT2D eigenvalue weighted by molar-refractivity contribution is -0.117. The Bertz CT molecular complexity index is 763. The van der Waals surface area contributed by atoms with Crippen LogP contribution in [0.1, 0.15) is 34.5 Å².